The molecule has 1 aliphatic heterocycles. The maximum atomic E-state index is 10.3. The number of aryl methyl sites for hydroxylation is 2. The molecule has 0 aliphatic carbocycles. The lowest BCUT2D eigenvalue weighted by molar-refractivity contribution is 0.0441. The summed E-state index contributed by atoms with van der Waals surface area (Å²) in [6.07, 6.45) is 1.12. The minimum Gasteiger partial charge on any atom is -0.491 e. The van der Waals surface area contributed by atoms with Crippen molar-refractivity contribution in [3.63, 3.8) is 0 Å². The molecule has 2 aromatic rings. The van der Waals surface area contributed by atoms with Gasteiger partial charge in [0.25, 0.3) is 0 Å². The van der Waals surface area contributed by atoms with Crippen molar-refractivity contribution in [3.05, 3.63) is 47.3 Å². The van der Waals surface area contributed by atoms with Crippen LogP contribution >= 0.6 is 0 Å². The van der Waals surface area contributed by atoms with E-state index < -0.39 is 6.10 Å². The van der Waals surface area contributed by atoms with Gasteiger partial charge in [0.2, 0.25) is 0 Å². The lowest BCUT2D eigenvalue weighted by Crippen LogP contribution is -2.48. The smallest absolute Gasteiger partial charge is 0.124 e. The van der Waals surface area contributed by atoms with E-state index in [1.54, 1.807) is 6.26 Å². The van der Waals surface area contributed by atoms with Crippen molar-refractivity contribution in [2.45, 2.75) is 26.5 Å². The molecule has 0 saturated carbocycles. The van der Waals surface area contributed by atoms with Gasteiger partial charge in [-0.25, -0.2) is 0 Å². The van der Waals surface area contributed by atoms with E-state index in [2.05, 4.69) is 21.0 Å². The largest absolute Gasteiger partial charge is 0.491 e. The van der Waals surface area contributed by atoms with Crippen molar-refractivity contribution in [3.8, 4) is 5.75 Å². The summed E-state index contributed by atoms with van der Waals surface area (Å²) in [4.78, 5) is 4.64. The van der Waals surface area contributed by atoms with Crippen molar-refractivity contribution in [2.75, 3.05) is 39.3 Å². The Morgan fingerprint density at radius 2 is 1.92 bits per heavy atom. The highest BCUT2D eigenvalue weighted by Crippen LogP contribution is 2.19. The van der Waals surface area contributed by atoms with Crippen LogP contribution in [0.1, 0.15) is 16.8 Å². The van der Waals surface area contributed by atoms with E-state index in [0.717, 1.165) is 49.7 Å². The summed E-state index contributed by atoms with van der Waals surface area (Å²) in [5.41, 5.74) is 3.23. The Morgan fingerprint density at radius 1 is 1.16 bits per heavy atom. The van der Waals surface area contributed by atoms with E-state index in [4.69, 9.17) is 9.26 Å². The fourth-order valence-corrected chi connectivity index (χ4v) is 3.08. The van der Waals surface area contributed by atoms with Crippen LogP contribution in [0.25, 0.3) is 0 Å². The molecule has 3 rings (SSSR count). The Bertz CT molecular complexity index is 652. The zero-order chi connectivity index (χ0) is 17.6. The van der Waals surface area contributed by atoms with E-state index in [0.29, 0.717) is 13.2 Å². The van der Waals surface area contributed by atoms with Gasteiger partial charge in [-0.1, -0.05) is 17.3 Å². The van der Waals surface area contributed by atoms with Crippen molar-refractivity contribution in [1.29, 1.82) is 0 Å². The molecule has 6 nitrogen and oxygen atoms in total. The number of ether oxygens (including phenoxy) is 1. The summed E-state index contributed by atoms with van der Waals surface area (Å²) < 4.78 is 10.7. The number of rotatable bonds is 7. The van der Waals surface area contributed by atoms with Crippen LogP contribution in [0.3, 0.4) is 0 Å². The Morgan fingerprint density at radius 3 is 2.64 bits per heavy atom. The molecule has 0 radical (unpaired) electrons. The molecule has 1 aromatic carbocycles. The number of aliphatic hydroxyl groups excluding tert-OH is 1. The summed E-state index contributed by atoms with van der Waals surface area (Å²) in [7, 11) is 0. The number of aliphatic hydroxyl groups is 1. The van der Waals surface area contributed by atoms with Crippen molar-refractivity contribution in [1.82, 2.24) is 15.0 Å². The second-order valence-electron chi connectivity index (χ2n) is 6.80. The van der Waals surface area contributed by atoms with Gasteiger partial charge in [0.15, 0.2) is 0 Å². The van der Waals surface area contributed by atoms with Crippen molar-refractivity contribution >= 4 is 0 Å². The minimum absolute atomic E-state index is 0.323. The molecule has 1 unspecified atom stereocenters. The quantitative estimate of drug-likeness (QED) is 0.826. The van der Waals surface area contributed by atoms with Crippen LogP contribution in [0.15, 0.2) is 35.1 Å². The number of piperazine rings is 1. The van der Waals surface area contributed by atoms with Crippen LogP contribution in [-0.4, -0.2) is 65.5 Å². The molecule has 2 heterocycles. The standard InChI is InChI=1S/C19H27N3O3/c1-15-3-4-16(2)19(11-15)24-14-18(23)13-22-8-6-21(7-9-22)12-17-5-10-25-20-17/h3-5,10-11,18,23H,6-9,12-14H2,1-2H3. The van der Waals surface area contributed by atoms with Gasteiger partial charge in [-0.05, 0) is 31.0 Å². The SMILES string of the molecule is Cc1ccc(C)c(OCC(O)CN2CCN(Cc3ccon3)CC2)c1. The average molecular weight is 345 g/mol. The summed E-state index contributed by atoms with van der Waals surface area (Å²) in [5.74, 6) is 0.858. The number of benzene rings is 1. The zero-order valence-electron chi connectivity index (χ0n) is 15.0. The molecule has 6 heteroatoms. The molecule has 0 amide bonds. The summed E-state index contributed by atoms with van der Waals surface area (Å²) >= 11 is 0. The van der Waals surface area contributed by atoms with Gasteiger partial charge in [-0.2, -0.15) is 0 Å². The van der Waals surface area contributed by atoms with Crippen LogP contribution in [0.5, 0.6) is 5.75 Å². The van der Waals surface area contributed by atoms with E-state index in [1.807, 2.05) is 32.0 Å². The van der Waals surface area contributed by atoms with Gasteiger partial charge in [0, 0.05) is 45.3 Å². The summed E-state index contributed by atoms with van der Waals surface area (Å²) in [6.45, 7) is 9.68. The van der Waals surface area contributed by atoms with Crippen molar-refractivity contribution in [2.24, 2.45) is 0 Å². The molecule has 0 spiro atoms. The molecule has 1 saturated heterocycles. The lowest BCUT2D eigenvalue weighted by Gasteiger charge is -2.35. The Balaban J connectivity index is 1.39. The molecule has 136 valence electrons. The van der Waals surface area contributed by atoms with Gasteiger partial charge in [0.1, 0.15) is 24.7 Å². The number of aromatic nitrogens is 1. The molecular formula is C19H27N3O3. The first kappa shape index (κ1) is 17.9. The van der Waals surface area contributed by atoms with Crippen LogP contribution < -0.4 is 4.74 Å². The Labute approximate surface area is 149 Å². The number of hydrogen-bond acceptors (Lipinski definition) is 6. The molecule has 1 atom stereocenters. The third kappa shape index (κ3) is 5.29. The molecule has 1 aromatic heterocycles. The monoisotopic (exact) mass is 345 g/mol. The van der Waals surface area contributed by atoms with Gasteiger partial charge in [-0.15, -0.1) is 0 Å². The summed E-state index contributed by atoms with van der Waals surface area (Å²) in [6, 6.07) is 8.04. The first-order chi connectivity index (χ1) is 12.1. The van der Waals surface area contributed by atoms with E-state index in [-0.39, 0.29) is 0 Å². The normalized spacial score (nSPS) is 17.6. The lowest BCUT2D eigenvalue weighted by atomic mass is 10.1. The average Bonchev–Trinajstić information content (AvgIpc) is 3.10. The predicted molar refractivity (Wildman–Crippen MR) is 95.6 cm³/mol. The number of nitrogens with zero attached hydrogens (tertiary/aromatic N) is 3. The zero-order valence-corrected chi connectivity index (χ0v) is 15.0. The van der Waals surface area contributed by atoms with Crippen LogP contribution in [-0.2, 0) is 6.54 Å². The van der Waals surface area contributed by atoms with Crippen molar-refractivity contribution < 1.29 is 14.4 Å². The third-order valence-corrected chi connectivity index (χ3v) is 4.59. The second-order valence-corrected chi connectivity index (χ2v) is 6.80. The molecule has 1 aliphatic rings. The molecule has 0 bridgehead atoms. The topological polar surface area (TPSA) is 62.0 Å². The number of hydrogen-bond donors (Lipinski definition) is 1. The van der Waals surface area contributed by atoms with E-state index >= 15 is 0 Å². The molecular weight excluding hydrogens is 318 g/mol. The fourth-order valence-electron chi connectivity index (χ4n) is 3.08. The van der Waals surface area contributed by atoms with Gasteiger partial charge >= 0.3 is 0 Å². The third-order valence-electron chi connectivity index (χ3n) is 4.59. The highest BCUT2D eigenvalue weighted by molar-refractivity contribution is 5.35. The van der Waals surface area contributed by atoms with Gasteiger partial charge < -0.3 is 14.4 Å². The molecule has 1 N–H and O–H groups in total. The first-order valence-electron chi connectivity index (χ1n) is 8.82. The van der Waals surface area contributed by atoms with Crippen LogP contribution in [0.4, 0.5) is 0 Å². The van der Waals surface area contributed by atoms with Crippen LogP contribution in [0.2, 0.25) is 0 Å². The predicted octanol–water partition coefficient (Wildman–Crippen LogP) is 1.85. The number of β-amino-alcohol motifs (C(OH)–C–C–N with tert-alkyl or cyclic N) is 1. The van der Waals surface area contributed by atoms with E-state index in [9.17, 15) is 5.11 Å². The fraction of sp³-hybridized carbons (Fsp3) is 0.526. The molecule has 25 heavy (non-hydrogen) atoms. The minimum atomic E-state index is -0.484. The Hall–Kier alpha value is -1.89. The highest BCUT2D eigenvalue weighted by Gasteiger charge is 2.20. The summed E-state index contributed by atoms with van der Waals surface area (Å²) in [5, 5.41) is 14.3. The van der Waals surface area contributed by atoms with E-state index in [1.165, 1.54) is 5.56 Å². The second kappa shape index (κ2) is 8.47. The maximum Gasteiger partial charge on any atom is 0.124 e. The van der Waals surface area contributed by atoms with Gasteiger partial charge in [-0.3, -0.25) is 9.80 Å². The van der Waals surface area contributed by atoms with Gasteiger partial charge in [0.05, 0.1) is 5.69 Å². The first-order valence-corrected chi connectivity index (χ1v) is 8.82. The molecule has 1 fully saturated rings. The van der Waals surface area contributed by atoms with Crippen LogP contribution in [0, 0.1) is 13.8 Å². The highest BCUT2D eigenvalue weighted by atomic mass is 16.5. The Kier molecular flexibility index (Phi) is 6.07. The maximum absolute atomic E-state index is 10.3.